The molecule has 0 heterocycles. The highest BCUT2D eigenvalue weighted by molar-refractivity contribution is 6.35. The average Bonchev–Trinajstić information content (AvgIpc) is 2.60. The van der Waals surface area contributed by atoms with Crippen LogP contribution < -0.4 is 15.4 Å². The zero-order valence-corrected chi connectivity index (χ0v) is 16.6. The predicted octanol–water partition coefficient (Wildman–Crippen LogP) is 5.53. The molecule has 2 rings (SSSR count). The van der Waals surface area contributed by atoms with E-state index in [1.807, 2.05) is 6.92 Å². The Kier molecular flexibility index (Phi) is 8.43. The molecule has 27 heavy (non-hydrogen) atoms. The number of carbonyl (C=O) groups is 2. The van der Waals surface area contributed by atoms with Gasteiger partial charge in [0.1, 0.15) is 5.75 Å². The van der Waals surface area contributed by atoms with Gasteiger partial charge in [0.2, 0.25) is 11.8 Å². The second-order valence-electron chi connectivity index (χ2n) is 5.95. The van der Waals surface area contributed by atoms with Gasteiger partial charge in [0.25, 0.3) is 0 Å². The highest BCUT2D eigenvalue weighted by Crippen LogP contribution is 2.27. The van der Waals surface area contributed by atoms with Crippen LogP contribution in [0.25, 0.3) is 0 Å². The van der Waals surface area contributed by atoms with Crippen LogP contribution in [0.2, 0.25) is 10.0 Å². The van der Waals surface area contributed by atoms with Crippen LogP contribution in [0.5, 0.6) is 5.75 Å². The molecule has 0 saturated carbocycles. The molecular formula is C20H22Cl2N2O3. The van der Waals surface area contributed by atoms with Crippen LogP contribution in [0.3, 0.4) is 0 Å². The predicted molar refractivity (Wildman–Crippen MR) is 110 cm³/mol. The Balaban J connectivity index is 1.76. The summed E-state index contributed by atoms with van der Waals surface area (Å²) in [5, 5.41) is 6.60. The number of ether oxygens (including phenoxy) is 1. The van der Waals surface area contributed by atoms with Crippen LogP contribution in [0.1, 0.15) is 32.6 Å². The number of hydrogen-bond acceptors (Lipinski definition) is 3. The van der Waals surface area contributed by atoms with Crippen molar-refractivity contribution >= 4 is 46.4 Å². The lowest BCUT2D eigenvalue weighted by Crippen LogP contribution is -2.14. The quantitative estimate of drug-likeness (QED) is 0.535. The molecule has 5 nitrogen and oxygen atoms in total. The van der Waals surface area contributed by atoms with Crippen molar-refractivity contribution in [1.29, 1.82) is 0 Å². The maximum atomic E-state index is 12.1. The van der Waals surface area contributed by atoms with Crippen LogP contribution >= 0.6 is 23.2 Å². The molecule has 2 amide bonds. The second-order valence-corrected chi connectivity index (χ2v) is 6.80. The SMILES string of the molecule is CCCC(=O)Nc1cccc(NC(=O)CCCOc2ccc(Cl)cc2Cl)c1. The highest BCUT2D eigenvalue weighted by Gasteiger charge is 2.06. The second kappa shape index (κ2) is 10.8. The first-order chi connectivity index (χ1) is 13.0. The number of nitrogens with one attached hydrogen (secondary N) is 2. The minimum atomic E-state index is -0.127. The van der Waals surface area contributed by atoms with Crippen molar-refractivity contribution in [2.24, 2.45) is 0 Å². The summed E-state index contributed by atoms with van der Waals surface area (Å²) in [6.07, 6.45) is 2.09. The number of amides is 2. The summed E-state index contributed by atoms with van der Waals surface area (Å²) in [5.74, 6) is 0.369. The minimum Gasteiger partial charge on any atom is -0.492 e. The molecule has 0 spiro atoms. The van der Waals surface area contributed by atoms with Crippen molar-refractivity contribution in [2.45, 2.75) is 32.6 Å². The number of anilines is 2. The summed E-state index contributed by atoms with van der Waals surface area (Å²) in [6, 6.07) is 12.1. The molecule has 0 aliphatic rings. The normalized spacial score (nSPS) is 10.3. The summed E-state index contributed by atoms with van der Waals surface area (Å²) in [5.41, 5.74) is 1.29. The lowest BCUT2D eigenvalue weighted by Gasteiger charge is -2.10. The number of benzene rings is 2. The fourth-order valence-corrected chi connectivity index (χ4v) is 2.82. The van der Waals surface area contributed by atoms with Gasteiger partial charge in [-0.1, -0.05) is 36.2 Å². The van der Waals surface area contributed by atoms with Crippen molar-refractivity contribution in [1.82, 2.24) is 0 Å². The van der Waals surface area contributed by atoms with Crippen molar-refractivity contribution in [2.75, 3.05) is 17.2 Å². The summed E-state index contributed by atoms with van der Waals surface area (Å²) < 4.78 is 5.56. The molecule has 2 aromatic rings. The average molecular weight is 409 g/mol. The highest BCUT2D eigenvalue weighted by atomic mass is 35.5. The van der Waals surface area contributed by atoms with Crippen LogP contribution in [0.15, 0.2) is 42.5 Å². The summed E-state index contributed by atoms with van der Waals surface area (Å²) in [4.78, 5) is 23.7. The molecule has 0 bridgehead atoms. The Morgan fingerprint density at radius 3 is 2.26 bits per heavy atom. The number of hydrogen-bond donors (Lipinski definition) is 2. The first kappa shape index (κ1) is 21.1. The molecular weight excluding hydrogens is 387 g/mol. The van der Waals surface area contributed by atoms with Crippen LogP contribution in [0.4, 0.5) is 11.4 Å². The Bertz CT molecular complexity index is 797. The molecule has 144 valence electrons. The smallest absolute Gasteiger partial charge is 0.224 e. The van der Waals surface area contributed by atoms with E-state index in [0.29, 0.717) is 53.0 Å². The number of halogens is 2. The van der Waals surface area contributed by atoms with Crippen LogP contribution in [-0.4, -0.2) is 18.4 Å². The lowest BCUT2D eigenvalue weighted by atomic mass is 10.2. The van der Waals surface area contributed by atoms with E-state index in [2.05, 4.69) is 10.6 Å². The number of carbonyl (C=O) groups excluding carboxylic acids is 2. The Labute approximate surface area is 169 Å². The third-order valence-electron chi connectivity index (χ3n) is 3.61. The van der Waals surface area contributed by atoms with Crippen LogP contribution in [-0.2, 0) is 9.59 Å². The van der Waals surface area contributed by atoms with Gasteiger partial charge in [-0.3, -0.25) is 9.59 Å². The van der Waals surface area contributed by atoms with Crippen molar-refractivity contribution < 1.29 is 14.3 Å². The van der Waals surface area contributed by atoms with E-state index < -0.39 is 0 Å². The van der Waals surface area contributed by atoms with Gasteiger partial charge in [-0.05, 0) is 49.2 Å². The molecule has 2 N–H and O–H groups in total. The van der Waals surface area contributed by atoms with E-state index >= 15 is 0 Å². The van der Waals surface area contributed by atoms with Gasteiger partial charge in [0.05, 0.1) is 11.6 Å². The molecule has 0 aliphatic heterocycles. The Morgan fingerprint density at radius 1 is 0.963 bits per heavy atom. The van der Waals surface area contributed by atoms with E-state index in [1.54, 1.807) is 42.5 Å². The van der Waals surface area contributed by atoms with Crippen molar-refractivity contribution in [3.8, 4) is 5.75 Å². The third kappa shape index (κ3) is 7.49. The molecule has 0 saturated heterocycles. The summed E-state index contributed by atoms with van der Waals surface area (Å²) in [7, 11) is 0. The molecule has 7 heteroatoms. The third-order valence-corrected chi connectivity index (χ3v) is 4.14. The molecule has 0 unspecified atom stereocenters. The van der Waals surface area contributed by atoms with Gasteiger partial charge in [-0.15, -0.1) is 0 Å². The largest absolute Gasteiger partial charge is 0.492 e. The fourth-order valence-electron chi connectivity index (χ4n) is 2.36. The van der Waals surface area contributed by atoms with Gasteiger partial charge in [-0.2, -0.15) is 0 Å². The summed E-state index contributed by atoms with van der Waals surface area (Å²) >= 11 is 11.9. The van der Waals surface area contributed by atoms with Gasteiger partial charge in [0.15, 0.2) is 0 Å². The van der Waals surface area contributed by atoms with Gasteiger partial charge in [-0.25, -0.2) is 0 Å². The van der Waals surface area contributed by atoms with E-state index in [9.17, 15) is 9.59 Å². The minimum absolute atomic E-state index is 0.0426. The van der Waals surface area contributed by atoms with Gasteiger partial charge < -0.3 is 15.4 Å². The first-order valence-corrected chi connectivity index (χ1v) is 9.51. The van der Waals surface area contributed by atoms with Crippen molar-refractivity contribution in [3.05, 3.63) is 52.5 Å². The zero-order chi connectivity index (χ0) is 19.6. The molecule has 0 aliphatic carbocycles. The molecule has 0 aromatic heterocycles. The maximum Gasteiger partial charge on any atom is 0.224 e. The topological polar surface area (TPSA) is 67.4 Å². The molecule has 0 radical (unpaired) electrons. The standard InChI is InChI=1S/C20H22Cl2N2O3/c1-2-5-19(25)23-15-6-3-7-16(13-15)24-20(26)8-4-11-27-18-10-9-14(21)12-17(18)22/h3,6-7,9-10,12-13H,2,4-5,8,11H2,1H3,(H,23,25)(H,24,26). The van der Waals surface area contributed by atoms with E-state index in [4.69, 9.17) is 27.9 Å². The summed E-state index contributed by atoms with van der Waals surface area (Å²) in [6.45, 7) is 2.31. The Morgan fingerprint density at radius 2 is 1.63 bits per heavy atom. The first-order valence-electron chi connectivity index (χ1n) is 8.75. The molecule has 2 aromatic carbocycles. The van der Waals surface area contributed by atoms with Gasteiger partial charge in [0, 0.05) is 29.2 Å². The van der Waals surface area contributed by atoms with Crippen LogP contribution in [0, 0.1) is 0 Å². The Hall–Kier alpha value is -2.24. The monoisotopic (exact) mass is 408 g/mol. The van der Waals surface area contributed by atoms with E-state index in [0.717, 1.165) is 6.42 Å². The maximum absolute atomic E-state index is 12.1. The number of rotatable bonds is 9. The van der Waals surface area contributed by atoms with E-state index in [1.165, 1.54) is 0 Å². The lowest BCUT2D eigenvalue weighted by molar-refractivity contribution is -0.117. The molecule has 0 atom stereocenters. The molecule has 0 fully saturated rings. The zero-order valence-electron chi connectivity index (χ0n) is 15.1. The van der Waals surface area contributed by atoms with Gasteiger partial charge >= 0.3 is 0 Å². The fraction of sp³-hybridized carbons (Fsp3) is 0.300. The van der Waals surface area contributed by atoms with E-state index in [-0.39, 0.29) is 11.8 Å². The van der Waals surface area contributed by atoms with Crippen molar-refractivity contribution in [3.63, 3.8) is 0 Å².